The van der Waals surface area contributed by atoms with E-state index in [1.807, 2.05) is 23.3 Å². The van der Waals surface area contributed by atoms with E-state index in [1.165, 1.54) is 36.0 Å². The van der Waals surface area contributed by atoms with Gasteiger partial charge in [-0.15, -0.1) is 11.3 Å². The van der Waals surface area contributed by atoms with Gasteiger partial charge in [0.05, 0.1) is 0 Å². The molecule has 1 aliphatic heterocycles. The molecular formula is C9H14N2S2. The van der Waals surface area contributed by atoms with Gasteiger partial charge in [0.25, 0.3) is 0 Å². The molecule has 1 unspecified atom stereocenters. The van der Waals surface area contributed by atoms with Crippen molar-refractivity contribution in [2.45, 2.75) is 17.2 Å². The normalized spacial score (nSPS) is 23.2. The average molecular weight is 214 g/mol. The van der Waals surface area contributed by atoms with Crippen LogP contribution in [0.2, 0.25) is 0 Å². The molecule has 1 aromatic rings. The SMILES string of the molecule is c1csc(SCC2CCCNC2)n1. The highest BCUT2D eigenvalue weighted by atomic mass is 32.2. The molecule has 0 aliphatic carbocycles. The van der Waals surface area contributed by atoms with Gasteiger partial charge in [0.2, 0.25) is 0 Å². The summed E-state index contributed by atoms with van der Waals surface area (Å²) in [4.78, 5) is 4.26. The zero-order valence-corrected chi connectivity index (χ0v) is 9.16. The molecule has 13 heavy (non-hydrogen) atoms. The van der Waals surface area contributed by atoms with E-state index in [2.05, 4.69) is 10.3 Å². The number of hydrogen-bond acceptors (Lipinski definition) is 4. The van der Waals surface area contributed by atoms with E-state index in [0.717, 1.165) is 5.92 Å². The van der Waals surface area contributed by atoms with Crippen molar-refractivity contribution < 1.29 is 0 Å². The Bertz CT molecular complexity index is 230. The average Bonchev–Trinajstić information content (AvgIpc) is 2.69. The molecule has 0 bridgehead atoms. The van der Waals surface area contributed by atoms with Gasteiger partial charge in [0.15, 0.2) is 0 Å². The Labute approximate surface area is 87.1 Å². The van der Waals surface area contributed by atoms with Crippen molar-refractivity contribution in [2.24, 2.45) is 5.92 Å². The first-order valence-electron chi connectivity index (χ1n) is 4.68. The van der Waals surface area contributed by atoms with Crippen molar-refractivity contribution in [2.75, 3.05) is 18.8 Å². The molecule has 1 aliphatic rings. The van der Waals surface area contributed by atoms with Crippen molar-refractivity contribution in [3.05, 3.63) is 11.6 Å². The number of nitrogens with zero attached hydrogens (tertiary/aromatic N) is 1. The van der Waals surface area contributed by atoms with Crippen molar-refractivity contribution in [1.82, 2.24) is 10.3 Å². The Kier molecular flexibility index (Phi) is 3.64. The third kappa shape index (κ3) is 2.97. The monoisotopic (exact) mass is 214 g/mol. The standard InChI is InChI=1S/C9H14N2S2/c1-2-8(6-10-3-1)7-13-9-11-4-5-12-9/h4-5,8,10H,1-3,6-7H2. The molecule has 4 heteroatoms. The van der Waals surface area contributed by atoms with E-state index < -0.39 is 0 Å². The van der Waals surface area contributed by atoms with Gasteiger partial charge in [0, 0.05) is 17.3 Å². The number of aromatic nitrogens is 1. The summed E-state index contributed by atoms with van der Waals surface area (Å²) < 4.78 is 1.21. The third-order valence-corrected chi connectivity index (χ3v) is 4.45. The van der Waals surface area contributed by atoms with Gasteiger partial charge in [-0.3, -0.25) is 0 Å². The molecule has 1 saturated heterocycles. The van der Waals surface area contributed by atoms with Crippen LogP contribution in [-0.2, 0) is 0 Å². The lowest BCUT2D eigenvalue weighted by atomic mass is 10.0. The molecule has 1 fully saturated rings. The summed E-state index contributed by atoms with van der Waals surface area (Å²) in [7, 11) is 0. The first kappa shape index (κ1) is 9.49. The fourth-order valence-electron chi connectivity index (χ4n) is 1.54. The van der Waals surface area contributed by atoms with E-state index in [0.29, 0.717) is 0 Å². The highest BCUT2D eigenvalue weighted by Crippen LogP contribution is 2.24. The summed E-state index contributed by atoms with van der Waals surface area (Å²) >= 11 is 3.64. The molecule has 1 aromatic heterocycles. The molecule has 2 nitrogen and oxygen atoms in total. The summed E-state index contributed by atoms with van der Waals surface area (Å²) in [5.74, 6) is 2.07. The minimum Gasteiger partial charge on any atom is -0.316 e. The quantitative estimate of drug-likeness (QED) is 0.781. The summed E-state index contributed by atoms with van der Waals surface area (Å²) in [5.41, 5.74) is 0. The van der Waals surface area contributed by atoms with Crippen LogP contribution in [0.15, 0.2) is 15.9 Å². The van der Waals surface area contributed by atoms with Gasteiger partial charge < -0.3 is 5.32 Å². The molecule has 2 rings (SSSR count). The van der Waals surface area contributed by atoms with E-state index in [1.54, 1.807) is 11.3 Å². The van der Waals surface area contributed by atoms with Crippen LogP contribution in [0.5, 0.6) is 0 Å². The lowest BCUT2D eigenvalue weighted by Crippen LogP contribution is -2.30. The van der Waals surface area contributed by atoms with Crippen molar-refractivity contribution in [3.63, 3.8) is 0 Å². The van der Waals surface area contributed by atoms with Crippen LogP contribution in [0.1, 0.15) is 12.8 Å². The molecule has 1 atom stereocenters. The van der Waals surface area contributed by atoms with Gasteiger partial charge in [-0.1, -0.05) is 11.8 Å². The minimum atomic E-state index is 0.850. The van der Waals surface area contributed by atoms with Gasteiger partial charge in [0.1, 0.15) is 4.34 Å². The predicted octanol–water partition coefficient (Wildman–Crippen LogP) is 2.23. The second-order valence-electron chi connectivity index (χ2n) is 3.32. The van der Waals surface area contributed by atoms with Crippen molar-refractivity contribution in [3.8, 4) is 0 Å². The zero-order valence-electron chi connectivity index (χ0n) is 7.53. The van der Waals surface area contributed by atoms with Crippen LogP contribution < -0.4 is 5.32 Å². The number of hydrogen-bond donors (Lipinski definition) is 1. The second-order valence-corrected chi connectivity index (χ2v) is 5.48. The molecule has 0 aromatic carbocycles. The van der Waals surface area contributed by atoms with Gasteiger partial charge in [-0.05, 0) is 31.8 Å². The number of thioether (sulfide) groups is 1. The smallest absolute Gasteiger partial charge is 0.149 e. The topological polar surface area (TPSA) is 24.9 Å². The Morgan fingerprint density at radius 1 is 1.69 bits per heavy atom. The van der Waals surface area contributed by atoms with E-state index >= 15 is 0 Å². The molecule has 0 saturated carbocycles. The minimum absolute atomic E-state index is 0.850. The lowest BCUT2D eigenvalue weighted by molar-refractivity contribution is 0.410. The van der Waals surface area contributed by atoms with E-state index in [9.17, 15) is 0 Å². The van der Waals surface area contributed by atoms with Crippen LogP contribution in [0.4, 0.5) is 0 Å². The first-order valence-corrected chi connectivity index (χ1v) is 6.54. The molecular weight excluding hydrogens is 200 g/mol. The Balaban J connectivity index is 1.72. The summed E-state index contributed by atoms with van der Waals surface area (Å²) in [5, 5.41) is 5.48. The van der Waals surface area contributed by atoms with Crippen LogP contribution in [0.25, 0.3) is 0 Å². The molecule has 0 amide bonds. The van der Waals surface area contributed by atoms with E-state index in [4.69, 9.17) is 0 Å². The maximum atomic E-state index is 4.26. The van der Waals surface area contributed by atoms with Crippen molar-refractivity contribution >= 4 is 23.1 Å². The summed E-state index contributed by atoms with van der Waals surface area (Å²) in [6.45, 7) is 2.40. The molecule has 1 N–H and O–H groups in total. The Morgan fingerprint density at radius 2 is 2.69 bits per heavy atom. The Hall–Kier alpha value is -0.0600. The third-order valence-electron chi connectivity index (χ3n) is 2.25. The van der Waals surface area contributed by atoms with Gasteiger partial charge >= 0.3 is 0 Å². The predicted molar refractivity (Wildman–Crippen MR) is 58.4 cm³/mol. The highest BCUT2D eigenvalue weighted by molar-refractivity contribution is 8.01. The first-order chi connectivity index (χ1) is 6.45. The van der Waals surface area contributed by atoms with Gasteiger partial charge in [-0.2, -0.15) is 0 Å². The number of nitrogens with one attached hydrogen (secondary N) is 1. The van der Waals surface area contributed by atoms with Crippen LogP contribution in [0, 0.1) is 5.92 Å². The molecule has 72 valence electrons. The fraction of sp³-hybridized carbons (Fsp3) is 0.667. The largest absolute Gasteiger partial charge is 0.316 e. The van der Waals surface area contributed by atoms with Crippen molar-refractivity contribution in [1.29, 1.82) is 0 Å². The van der Waals surface area contributed by atoms with Crippen LogP contribution in [0.3, 0.4) is 0 Å². The van der Waals surface area contributed by atoms with Crippen LogP contribution in [-0.4, -0.2) is 23.8 Å². The second kappa shape index (κ2) is 4.98. The number of rotatable bonds is 3. The number of thiazole rings is 1. The molecule has 2 heterocycles. The zero-order chi connectivity index (χ0) is 8.93. The summed E-state index contributed by atoms with van der Waals surface area (Å²) in [6.07, 6.45) is 4.60. The fourth-order valence-corrected chi connectivity index (χ4v) is 3.34. The number of piperidine rings is 1. The Morgan fingerprint density at radius 3 is 3.38 bits per heavy atom. The maximum absolute atomic E-state index is 4.26. The lowest BCUT2D eigenvalue weighted by Gasteiger charge is -2.21. The molecule has 0 spiro atoms. The maximum Gasteiger partial charge on any atom is 0.149 e. The highest BCUT2D eigenvalue weighted by Gasteiger charge is 2.13. The molecule has 0 radical (unpaired) electrons. The van der Waals surface area contributed by atoms with Crippen LogP contribution >= 0.6 is 23.1 Å². The van der Waals surface area contributed by atoms with Gasteiger partial charge in [-0.25, -0.2) is 4.98 Å². The summed E-state index contributed by atoms with van der Waals surface area (Å²) in [6, 6.07) is 0. The van der Waals surface area contributed by atoms with E-state index in [-0.39, 0.29) is 0 Å².